The first-order chi connectivity index (χ1) is 10.6. The van der Waals surface area contributed by atoms with E-state index in [9.17, 15) is 8.42 Å². The summed E-state index contributed by atoms with van der Waals surface area (Å²) in [5.41, 5.74) is 0. The molecule has 1 unspecified atom stereocenters. The summed E-state index contributed by atoms with van der Waals surface area (Å²) in [5.74, 6) is 0.658. The molecule has 1 aliphatic heterocycles. The zero-order valence-electron chi connectivity index (χ0n) is 12.1. The van der Waals surface area contributed by atoms with Gasteiger partial charge in [-0.2, -0.15) is 4.31 Å². The van der Waals surface area contributed by atoms with Crippen molar-refractivity contribution < 1.29 is 13.2 Å². The molecule has 0 radical (unpaired) electrons. The molecule has 0 bridgehead atoms. The van der Waals surface area contributed by atoms with Crippen LogP contribution in [0.2, 0.25) is 0 Å². The Morgan fingerprint density at radius 3 is 2.82 bits per heavy atom. The highest BCUT2D eigenvalue weighted by Crippen LogP contribution is 2.23. The average molecular weight is 322 g/mol. The van der Waals surface area contributed by atoms with Gasteiger partial charge in [-0.05, 0) is 18.6 Å². The van der Waals surface area contributed by atoms with Crippen LogP contribution in [0.4, 0.5) is 0 Å². The van der Waals surface area contributed by atoms with Crippen molar-refractivity contribution in [3.8, 4) is 5.75 Å². The van der Waals surface area contributed by atoms with Crippen molar-refractivity contribution in [2.24, 2.45) is 0 Å². The van der Waals surface area contributed by atoms with E-state index in [-0.39, 0.29) is 18.4 Å². The van der Waals surface area contributed by atoms with Crippen LogP contribution in [0.5, 0.6) is 5.75 Å². The van der Waals surface area contributed by atoms with E-state index in [0.29, 0.717) is 18.8 Å². The van der Waals surface area contributed by atoms with Gasteiger partial charge in [0, 0.05) is 19.3 Å². The van der Waals surface area contributed by atoms with E-state index in [1.165, 1.54) is 4.31 Å². The number of nitrogens with zero attached hydrogens (tertiary/aromatic N) is 4. The Bertz CT molecular complexity index is 688. The van der Waals surface area contributed by atoms with Crippen molar-refractivity contribution in [1.29, 1.82) is 0 Å². The molecule has 0 aliphatic carbocycles. The van der Waals surface area contributed by atoms with Gasteiger partial charge in [-0.3, -0.25) is 0 Å². The third-order valence-electron chi connectivity index (χ3n) is 3.69. The summed E-state index contributed by atoms with van der Waals surface area (Å²) in [5, 5.41) is 7.70. The maximum Gasteiger partial charge on any atom is 0.217 e. The van der Waals surface area contributed by atoms with Gasteiger partial charge in [0.2, 0.25) is 10.0 Å². The normalized spacial score (nSPS) is 19.4. The Labute approximate surface area is 129 Å². The predicted molar refractivity (Wildman–Crippen MR) is 81.0 cm³/mol. The van der Waals surface area contributed by atoms with Gasteiger partial charge < -0.3 is 4.74 Å². The molecular formula is C14H18N4O3S. The quantitative estimate of drug-likeness (QED) is 0.791. The number of hydrogen-bond donors (Lipinski definition) is 0. The minimum absolute atomic E-state index is 0.0219. The Kier molecular flexibility index (Phi) is 4.39. The standard InChI is InChI=1S/C14H18N4O3S/c19-22(20,11-10-21-14-4-2-1-3-5-14)17-8-6-13(12-17)18-9-7-15-16-18/h1-5,7,9,13H,6,8,10-12H2. The van der Waals surface area contributed by atoms with E-state index in [2.05, 4.69) is 10.3 Å². The van der Waals surface area contributed by atoms with Crippen LogP contribution in [0.1, 0.15) is 12.5 Å². The lowest BCUT2D eigenvalue weighted by molar-refractivity contribution is 0.336. The van der Waals surface area contributed by atoms with Crippen LogP contribution in [-0.4, -0.2) is 53.2 Å². The Hall–Kier alpha value is -1.93. The Balaban J connectivity index is 1.53. The third-order valence-corrected chi connectivity index (χ3v) is 5.49. The summed E-state index contributed by atoms with van der Waals surface area (Å²) in [6.07, 6.45) is 4.12. The van der Waals surface area contributed by atoms with Gasteiger partial charge in [0.05, 0.1) is 18.0 Å². The van der Waals surface area contributed by atoms with Gasteiger partial charge >= 0.3 is 0 Å². The van der Waals surface area contributed by atoms with Crippen LogP contribution < -0.4 is 4.74 Å². The molecule has 2 heterocycles. The summed E-state index contributed by atoms with van der Waals surface area (Å²) in [7, 11) is -3.31. The maximum atomic E-state index is 12.3. The molecule has 7 nitrogen and oxygen atoms in total. The van der Waals surface area contributed by atoms with Gasteiger partial charge in [0.1, 0.15) is 12.4 Å². The molecule has 1 aromatic heterocycles. The molecule has 3 rings (SSSR count). The molecule has 22 heavy (non-hydrogen) atoms. The number of para-hydroxylation sites is 1. The highest BCUT2D eigenvalue weighted by molar-refractivity contribution is 7.89. The van der Waals surface area contributed by atoms with Gasteiger partial charge in [-0.1, -0.05) is 23.4 Å². The molecule has 1 aromatic carbocycles. The SMILES string of the molecule is O=S(=O)(CCOc1ccccc1)N1CCC(n2ccnn2)C1. The Morgan fingerprint density at radius 1 is 1.27 bits per heavy atom. The van der Waals surface area contributed by atoms with Crippen molar-refractivity contribution in [2.45, 2.75) is 12.5 Å². The van der Waals surface area contributed by atoms with E-state index in [1.807, 2.05) is 30.3 Å². The fourth-order valence-corrected chi connectivity index (χ4v) is 3.84. The van der Waals surface area contributed by atoms with Crippen molar-refractivity contribution in [3.05, 3.63) is 42.7 Å². The predicted octanol–water partition coefficient (Wildman–Crippen LogP) is 0.934. The molecule has 2 aromatic rings. The first-order valence-electron chi connectivity index (χ1n) is 7.16. The van der Waals surface area contributed by atoms with E-state index in [4.69, 9.17) is 4.74 Å². The zero-order valence-corrected chi connectivity index (χ0v) is 12.9. The molecule has 1 saturated heterocycles. The summed E-state index contributed by atoms with van der Waals surface area (Å²) in [6, 6.07) is 9.28. The van der Waals surface area contributed by atoms with Crippen molar-refractivity contribution in [1.82, 2.24) is 19.3 Å². The third kappa shape index (κ3) is 3.45. The van der Waals surface area contributed by atoms with Gasteiger partial charge in [-0.15, -0.1) is 5.10 Å². The van der Waals surface area contributed by atoms with Crippen molar-refractivity contribution in [2.75, 3.05) is 25.4 Å². The summed E-state index contributed by atoms with van der Waals surface area (Å²) in [6.45, 7) is 1.10. The Morgan fingerprint density at radius 2 is 2.09 bits per heavy atom. The van der Waals surface area contributed by atoms with E-state index >= 15 is 0 Å². The van der Waals surface area contributed by atoms with Crippen LogP contribution >= 0.6 is 0 Å². The molecule has 1 fully saturated rings. The second-order valence-electron chi connectivity index (χ2n) is 5.16. The number of aromatic nitrogens is 3. The largest absolute Gasteiger partial charge is 0.492 e. The number of sulfonamides is 1. The van der Waals surface area contributed by atoms with Gasteiger partial charge in [-0.25, -0.2) is 13.1 Å². The second kappa shape index (κ2) is 6.45. The lowest BCUT2D eigenvalue weighted by Crippen LogP contribution is -2.33. The molecule has 0 saturated carbocycles. The fraction of sp³-hybridized carbons (Fsp3) is 0.429. The smallest absolute Gasteiger partial charge is 0.217 e. The van der Waals surface area contributed by atoms with Gasteiger partial charge in [0.25, 0.3) is 0 Å². The first kappa shape index (κ1) is 15.0. The highest BCUT2D eigenvalue weighted by atomic mass is 32.2. The van der Waals surface area contributed by atoms with Crippen LogP contribution in [0.3, 0.4) is 0 Å². The topological polar surface area (TPSA) is 77.3 Å². The second-order valence-corrected chi connectivity index (χ2v) is 7.25. The molecule has 118 valence electrons. The fourth-order valence-electron chi connectivity index (χ4n) is 2.50. The minimum atomic E-state index is -3.31. The van der Waals surface area contributed by atoms with E-state index in [1.54, 1.807) is 17.1 Å². The summed E-state index contributed by atoms with van der Waals surface area (Å²) < 4.78 is 33.4. The molecule has 8 heteroatoms. The molecule has 1 atom stereocenters. The zero-order chi connectivity index (χ0) is 15.4. The summed E-state index contributed by atoms with van der Waals surface area (Å²) in [4.78, 5) is 0. The van der Waals surface area contributed by atoms with E-state index < -0.39 is 10.0 Å². The number of ether oxygens (including phenoxy) is 1. The van der Waals surface area contributed by atoms with Crippen LogP contribution in [0, 0.1) is 0 Å². The molecular weight excluding hydrogens is 304 g/mol. The lowest BCUT2D eigenvalue weighted by Gasteiger charge is -2.16. The van der Waals surface area contributed by atoms with Gasteiger partial charge in [0.15, 0.2) is 0 Å². The van der Waals surface area contributed by atoms with Crippen molar-refractivity contribution in [3.63, 3.8) is 0 Å². The minimum Gasteiger partial charge on any atom is -0.492 e. The number of benzene rings is 1. The van der Waals surface area contributed by atoms with Crippen LogP contribution in [0.25, 0.3) is 0 Å². The van der Waals surface area contributed by atoms with Crippen molar-refractivity contribution >= 4 is 10.0 Å². The maximum absolute atomic E-state index is 12.3. The molecule has 0 amide bonds. The molecule has 0 N–H and O–H groups in total. The number of hydrogen-bond acceptors (Lipinski definition) is 5. The molecule has 0 spiro atoms. The monoisotopic (exact) mass is 322 g/mol. The average Bonchev–Trinajstić information content (AvgIpc) is 3.19. The lowest BCUT2D eigenvalue weighted by atomic mass is 10.3. The molecule has 1 aliphatic rings. The van der Waals surface area contributed by atoms with Crippen LogP contribution in [-0.2, 0) is 10.0 Å². The summed E-state index contributed by atoms with van der Waals surface area (Å²) >= 11 is 0. The van der Waals surface area contributed by atoms with Crippen LogP contribution in [0.15, 0.2) is 42.7 Å². The highest BCUT2D eigenvalue weighted by Gasteiger charge is 2.32. The number of rotatable bonds is 6. The first-order valence-corrected chi connectivity index (χ1v) is 8.77. The van der Waals surface area contributed by atoms with E-state index in [0.717, 1.165) is 6.42 Å².